The van der Waals surface area contributed by atoms with Crippen molar-refractivity contribution in [1.82, 2.24) is 9.55 Å². The van der Waals surface area contributed by atoms with E-state index in [1.54, 1.807) is 31.2 Å². The van der Waals surface area contributed by atoms with Crippen molar-refractivity contribution in [2.45, 2.75) is 19.9 Å². The third-order valence-corrected chi connectivity index (χ3v) is 4.62. The maximum absolute atomic E-state index is 13.3. The summed E-state index contributed by atoms with van der Waals surface area (Å²) in [5, 5.41) is 2.45. The third-order valence-electron chi connectivity index (χ3n) is 4.33. The predicted octanol–water partition coefficient (Wildman–Crippen LogP) is 3.20. The van der Waals surface area contributed by atoms with Crippen molar-refractivity contribution in [3.05, 3.63) is 63.7 Å². The molecule has 150 valence electrons. The number of carbonyl (C=O) groups is 2. The van der Waals surface area contributed by atoms with E-state index < -0.39 is 17.3 Å². The molecule has 2 aromatic carbocycles. The van der Waals surface area contributed by atoms with Gasteiger partial charge in [-0.05, 0) is 30.3 Å². The summed E-state index contributed by atoms with van der Waals surface area (Å²) in [4.78, 5) is 43.1. The zero-order valence-corrected chi connectivity index (χ0v) is 16.5. The molecule has 0 saturated carbocycles. The lowest BCUT2D eigenvalue weighted by molar-refractivity contribution is -0.118. The van der Waals surface area contributed by atoms with Gasteiger partial charge in [0.05, 0.1) is 16.1 Å². The Hall–Kier alpha value is -3.26. The second-order valence-corrected chi connectivity index (χ2v) is 6.71. The topological polar surface area (TPSA) is 84.3 Å². The molecule has 0 aliphatic rings. The zero-order valence-electron chi connectivity index (χ0n) is 15.8. The van der Waals surface area contributed by atoms with Crippen LogP contribution in [0.2, 0.25) is 5.02 Å². The first-order valence-electron chi connectivity index (χ1n) is 8.83. The van der Waals surface area contributed by atoms with Crippen LogP contribution in [0, 0.1) is 5.82 Å². The third kappa shape index (κ3) is 4.27. The summed E-state index contributed by atoms with van der Waals surface area (Å²) in [6, 6.07) is 10.6. The Bertz CT molecular complexity index is 1160. The lowest BCUT2D eigenvalue weighted by Crippen LogP contribution is -2.36. The highest BCUT2D eigenvalue weighted by Gasteiger charge is 2.19. The van der Waals surface area contributed by atoms with E-state index in [0.717, 1.165) is 6.07 Å². The average Bonchev–Trinajstić information content (AvgIpc) is 2.71. The summed E-state index contributed by atoms with van der Waals surface area (Å²) in [5.74, 6) is -1.45. The first-order valence-corrected chi connectivity index (χ1v) is 9.20. The number of rotatable bonds is 5. The molecule has 0 bridgehead atoms. The van der Waals surface area contributed by atoms with Gasteiger partial charge in [0.15, 0.2) is 0 Å². The molecule has 3 aromatic rings. The fraction of sp³-hybridized carbons (Fsp3) is 0.200. The predicted molar refractivity (Wildman–Crippen MR) is 110 cm³/mol. The molecule has 0 aliphatic carbocycles. The van der Waals surface area contributed by atoms with Gasteiger partial charge < -0.3 is 5.32 Å². The molecule has 3 rings (SSSR count). The van der Waals surface area contributed by atoms with Crippen LogP contribution < -0.4 is 15.8 Å². The molecular weight excluding hydrogens is 399 g/mol. The molecule has 0 radical (unpaired) electrons. The lowest BCUT2D eigenvalue weighted by atomic mass is 10.2. The van der Waals surface area contributed by atoms with Gasteiger partial charge in [0.2, 0.25) is 17.6 Å². The Morgan fingerprint density at radius 1 is 1.24 bits per heavy atom. The van der Waals surface area contributed by atoms with Crippen LogP contribution in [0.3, 0.4) is 0 Å². The van der Waals surface area contributed by atoms with Crippen LogP contribution in [0.15, 0.2) is 47.3 Å². The molecule has 0 fully saturated rings. The van der Waals surface area contributed by atoms with E-state index in [0.29, 0.717) is 16.7 Å². The minimum atomic E-state index is -0.603. The van der Waals surface area contributed by atoms with Crippen LogP contribution in [0.4, 0.5) is 15.9 Å². The molecule has 1 aromatic heterocycles. The van der Waals surface area contributed by atoms with Crippen LogP contribution in [0.5, 0.6) is 0 Å². The highest BCUT2D eigenvalue weighted by molar-refractivity contribution is 6.31. The number of nitrogens with zero attached hydrogens (tertiary/aromatic N) is 3. The van der Waals surface area contributed by atoms with Gasteiger partial charge in [-0.2, -0.15) is 0 Å². The first kappa shape index (κ1) is 20.5. The van der Waals surface area contributed by atoms with Crippen LogP contribution in [0.1, 0.15) is 13.3 Å². The molecule has 29 heavy (non-hydrogen) atoms. The van der Waals surface area contributed by atoms with Crippen LogP contribution in [0.25, 0.3) is 11.0 Å². The van der Waals surface area contributed by atoms with Crippen molar-refractivity contribution in [2.24, 2.45) is 0 Å². The SMILES string of the molecule is CCC(=O)N(C)c1nc2ccccc2n(CC(=O)Nc2ccc(F)c(Cl)c2)c1=O. The van der Waals surface area contributed by atoms with Gasteiger partial charge in [-0.3, -0.25) is 23.9 Å². The van der Waals surface area contributed by atoms with Gasteiger partial charge in [0.1, 0.15) is 12.4 Å². The number of amides is 2. The van der Waals surface area contributed by atoms with E-state index in [1.165, 1.54) is 28.6 Å². The molecule has 1 heterocycles. The minimum Gasteiger partial charge on any atom is -0.324 e. The van der Waals surface area contributed by atoms with E-state index in [-0.39, 0.29) is 29.7 Å². The zero-order chi connectivity index (χ0) is 21.1. The molecule has 0 spiro atoms. The summed E-state index contributed by atoms with van der Waals surface area (Å²) in [7, 11) is 1.47. The van der Waals surface area contributed by atoms with Gasteiger partial charge >= 0.3 is 0 Å². The fourth-order valence-corrected chi connectivity index (χ4v) is 3.01. The van der Waals surface area contributed by atoms with Gasteiger partial charge in [0.25, 0.3) is 5.56 Å². The maximum atomic E-state index is 13.3. The van der Waals surface area contributed by atoms with E-state index >= 15 is 0 Å². The summed E-state index contributed by atoms with van der Waals surface area (Å²) in [5.41, 5.74) is 0.646. The molecule has 9 heteroatoms. The Morgan fingerprint density at radius 2 is 1.97 bits per heavy atom. The van der Waals surface area contributed by atoms with Crippen molar-refractivity contribution < 1.29 is 14.0 Å². The summed E-state index contributed by atoms with van der Waals surface area (Å²) < 4.78 is 14.5. The molecule has 1 N–H and O–H groups in total. The second-order valence-electron chi connectivity index (χ2n) is 6.30. The highest BCUT2D eigenvalue weighted by Crippen LogP contribution is 2.20. The molecule has 7 nitrogen and oxygen atoms in total. The van der Waals surface area contributed by atoms with Gasteiger partial charge in [0, 0.05) is 19.2 Å². The Labute approximate surface area is 170 Å². The Balaban J connectivity index is 2.00. The summed E-state index contributed by atoms with van der Waals surface area (Å²) in [6.45, 7) is 1.36. The van der Waals surface area contributed by atoms with E-state index in [1.807, 2.05) is 0 Å². The van der Waals surface area contributed by atoms with Crippen LogP contribution in [-0.4, -0.2) is 28.4 Å². The second kappa shape index (κ2) is 8.40. The van der Waals surface area contributed by atoms with E-state index in [2.05, 4.69) is 10.3 Å². The van der Waals surface area contributed by atoms with Gasteiger partial charge in [-0.15, -0.1) is 0 Å². The monoisotopic (exact) mass is 416 g/mol. The smallest absolute Gasteiger partial charge is 0.294 e. The fourth-order valence-electron chi connectivity index (χ4n) is 2.83. The first-order chi connectivity index (χ1) is 13.8. The van der Waals surface area contributed by atoms with Crippen molar-refractivity contribution >= 4 is 46.0 Å². The number of benzene rings is 2. The van der Waals surface area contributed by atoms with Crippen LogP contribution in [-0.2, 0) is 16.1 Å². The van der Waals surface area contributed by atoms with Gasteiger partial charge in [-0.25, -0.2) is 9.37 Å². The van der Waals surface area contributed by atoms with Crippen molar-refractivity contribution in [3.8, 4) is 0 Å². The lowest BCUT2D eigenvalue weighted by Gasteiger charge is -2.18. The molecule has 0 atom stereocenters. The minimum absolute atomic E-state index is 0.0619. The normalized spacial score (nSPS) is 10.8. The Kier molecular flexibility index (Phi) is 5.93. The number of aromatic nitrogens is 2. The number of carbonyl (C=O) groups excluding carboxylic acids is 2. The van der Waals surface area contributed by atoms with Crippen molar-refractivity contribution in [3.63, 3.8) is 0 Å². The standard InChI is InChI=1S/C20H18ClFN4O3/c1-3-18(28)25(2)19-20(29)26(16-7-5-4-6-15(16)24-19)11-17(27)23-12-8-9-14(22)13(21)10-12/h4-10H,3,11H2,1-2H3,(H,23,27). The van der Waals surface area contributed by atoms with Gasteiger partial charge in [-0.1, -0.05) is 30.7 Å². The Morgan fingerprint density at radius 3 is 2.66 bits per heavy atom. The maximum Gasteiger partial charge on any atom is 0.294 e. The summed E-state index contributed by atoms with van der Waals surface area (Å²) >= 11 is 5.73. The molecule has 0 unspecified atom stereocenters. The molecule has 2 amide bonds. The van der Waals surface area contributed by atoms with Crippen molar-refractivity contribution in [1.29, 1.82) is 0 Å². The number of fused-ring (bicyclic) bond motifs is 1. The largest absolute Gasteiger partial charge is 0.324 e. The number of hydrogen-bond acceptors (Lipinski definition) is 4. The summed E-state index contributed by atoms with van der Waals surface area (Å²) in [6.07, 6.45) is 0.205. The molecule has 0 saturated heterocycles. The molecular formula is C20H18ClFN4O3. The number of para-hydroxylation sites is 2. The quantitative estimate of drug-likeness (QED) is 0.692. The van der Waals surface area contributed by atoms with E-state index in [4.69, 9.17) is 11.6 Å². The number of nitrogens with one attached hydrogen (secondary N) is 1. The number of anilines is 2. The van der Waals surface area contributed by atoms with Crippen molar-refractivity contribution in [2.75, 3.05) is 17.3 Å². The van der Waals surface area contributed by atoms with Crippen LogP contribution >= 0.6 is 11.6 Å². The highest BCUT2D eigenvalue weighted by atomic mass is 35.5. The number of hydrogen-bond donors (Lipinski definition) is 1. The number of halogens is 2. The molecule has 0 aliphatic heterocycles. The van der Waals surface area contributed by atoms with E-state index in [9.17, 15) is 18.8 Å². The average molecular weight is 417 g/mol.